The summed E-state index contributed by atoms with van der Waals surface area (Å²) in [7, 11) is 1.99. The average molecular weight is 230 g/mol. The Morgan fingerprint density at radius 1 is 1.36 bits per heavy atom. The minimum Gasteiger partial charge on any atom is -0.316 e. The fourth-order valence-corrected chi connectivity index (χ4v) is 2.47. The number of hydrogen-bond donors (Lipinski definition) is 1. The van der Waals surface area contributed by atoms with E-state index in [1.165, 1.54) is 4.90 Å². The molecular weight excluding hydrogens is 214 g/mol. The second-order valence-corrected chi connectivity index (χ2v) is 5.24. The predicted octanol–water partition coefficient (Wildman–Crippen LogP) is 3.43. The predicted molar refractivity (Wildman–Crippen MR) is 65.3 cm³/mol. The Hall–Kier alpha value is -0.180. The molecule has 78 valence electrons. The highest BCUT2D eigenvalue weighted by Gasteiger charge is 2.11. The molecule has 0 aromatic heterocycles. The lowest BCUT2D eigenvalue weighted by Gasteiger charge is -2.18. The summed E-state index contributed by atoms with van der Waals surface area (Å²) in [5, 5.41) is 4.59. The van der Waals surface area contributed by atoms with E-state index in [-0.39, 0.29) is 0 Å². The van der Waals surface area contributed by atoms with E-state index in [4.69, 9.17) is 11.6 Å². The van der Waals surface area contributed by atoms with E-state index in [0.29, 0.717) is 11.3 Å². The molecule has 0 bridgehead atoms. The van der Waals surface area contributed by atoms with Gasteiger partial charge in [0.1, 0.15) is 0 Å². The molecule has 0 fully saturated rings. The third-order valence-corrected chi connectivity index (χ3v) is 3.82. The molecule has 14 heavy (non-hydrogen) atoms. The molecule has 0 amide bonds. The first-order chi connectivity index (χ1) is 6.63. The second kappa shape index (κ2) is 5.64. The lowest BCUT2D eigenvalue weighted by atomic mass is 10.3. The summed E-state index contributed by atoms with van der Waals surface area (Å²) in [5.41, 5.74) is 0. The van der Waals surface area contributed by atoms with Gasteiger partial charge in [-0.2, -0.15) is 0 Å². The number of halogens is 1. The van der Waals surface area contributed by atoms with E-state index in [1.54, 1.807) is 0 Å². The van der Waals surface area contributed by atoms with Gasteiger partial charge in [-0.25, -0.2) is 0 Å². The van der Waals surface area contributed by atoms with Gasteiger partial charge in [-0.15, -0.1) is 11.8 Å². The topological polar surface area (TPSA) is 12.0 Å². The van der Waals surface area contributed by atoms with Gasteiger partial charge in [0.05, 0.1) is 0 Å². The third-order valence-electron chi connectivity index (χ3n) is 2.28. The van der Waals surface area contributed by atoms with Gasteiger partial charge in [0.2, 0.25) is 0 Å². The highest BCUT2D eigenvalue weighted by molar-refractivity contribution is 8.00. The Bertz CT molecular complexity index is 290. The van der Waals surface area contributed by atoms with Crippen molar-refractivity contribution in [3.63, 3.8) is 0 Å². The monoisotopic (exact) mass is 229 g/mol. The van der Waals surface area contributed by atoms with Crippen LogP contribution in [0.5, 0.6) is 0 Å². The Balaban J connectivity index is 2.60. The molecule has 0 heterocycles. The Morgan fingerprint density at radius 3 is 2.64 bits per heavy atom. The Labute approximate surface area is 95.2 Å². The molecule has 0 saturated carbocycles. The number of nitrogens with one attached hydrogen (secondary N) is 1. The van der Waals surface area contributed by atoms with E-state index in [0.717, 1.165) is 5.02 Å². The summed E-state index contributed by atoms with van der Waals surface area (Å²) in [6.07, 6.45) is 0. The number of thioether (sulfide) groups is 1. The molecule has 0 aliphatic carbocycles. The first-order valence-corrected chi connectivity index (χ1v) is 5.98. The zero-order chi connectivity index (χ0) is 10.6. The van der Waals surface area contributed by atoms with Crippen LogP contribution in [-0.2, 0) is 0 Å². The maximum absolute atomic E-state index is 5.91. The fourth-order valence-electron chi connectivity index (χ4n) is 1.09. The first kappa shape index (κ1) is 11.9. The quantitative estimate of drug-likeness (QED) is 0.794. The van der Waals surface area contributed by atoms with Crippen LogP contribution in [0.25, 0.3) is 0 Å². The van der Waals surface area contributed by atoms with Crippen molar-refractivity contribution in [2.24, 2.45) is 0 Å². The van der Waals surface area contributed by atoms with E-state index < -0.39 is 0 Å². The summed E-state index contributed by atoms with van der Waals surface area (Å²) in [6, 6.07) is 8.48. The molecule has 0 aliphatic heterocycles. The number of benzene rings is 1. The largest absolute Gasteiger partial charge is 0.316 e. The Kier molecular flexibility index (Phi) is 4.79. The average Bonchev–Trinajstić information content (AvgIpc) is 2.16. The molecule has 0 radical (unpaired) electrons. The minimum absolute atomic E-state index is 0.499. The van der Waals surface area contributed by atoms with Crippen LogP contribution in [0, 0.1) is 0 Å². The summed E-state index contributed by atoms with van der Waals surface area (Å²) < 4.78 is 0. The van der Waals surface area contributed by atoms with Crippen LogP contribution in [0.2, 0.25) is 5.02 Å². The van der Waals surface area contributed by atoms with Gasteiger partial charge in [0.15, 0.2) is 0 Å². The standard InChI is InChI=1S/C11H16ClNS/c1-8(13-3)9(2)14-11-6-4-5-10(12)7-11/h4-9,13H,1-3H3. The molecule has 1 N–H and O–H groups in total. The molecule has 2 atom stereocenters. The Morgan fingerprint density at radius 2 is 2.07 bits per heavy atom. The molecule has 0 saturated heterocycles. The van der Waals surface area contributed by atoms with Crippen LogP contribution in [0.4, 0.5) is 0 Å². The van der Waals surface area contributed by atoms with E-state index in [9.17, 15) is 0 Å². The van der Waals surface area contributed by atoms with Crippen LogP contribution in [-0.4, -0.2) is 18.3 Å². The van der Waals surface area contributed by atoms with Crippen molar-refractivity contribution in [1.29, 1.82) is 0 Å². The molecule has 2 unspecified atom stereocenters. The van der Waals surface area contributed by atoms with Gasteiger partial charge in [0, 0.05) is 21.2 Å². The molecular formula is C11H16ClNS. The van der Waals surface area contributed by atoms with Crippen LogP contribution in [0.1, 0.15) is 13.8 Å². The summed E-state index contributed by atoms with van der Waals surface area (Å²) in [6.45, 7) is 4.40. The highest BCUT2D eigenvalue weighted by Crippen LogP contribution is 2.26. The van der Waals surface area contributed by atoms with Crippen molar-refractivity contribution >= 4 is 23.4 Å². The second-order valence-electron chi connectivity index (χ2n) is 3.36. The van der Waals surface area contributed by atoms with Crippen molar-refractivity contribution in [3.05, 3.63) is 29.3 Å². The van der Waals surface area contributed by atoms with Gasteiger partial charge >= 0.3 is 0 Å². The molecule has 1 rings (SSSR count). The molecule has 1 aromatic carbocycles. The zero-order valence-corrected chi connectivity index (χ0v) is 10.3. The van der Waals surface area contributed by atoms with Crippen LogP contribution in [0.3, 0.4) is 0 Å². The van der Waals surface area contributed by atoms with Crippen molar-refractivity contribution in [3.8, 4) is 0 Å². The van der Waals surface area contributed by atoms with Gasteiger partial charge in [-0.3, -0.25) is 0 Å². The van der Waals surface area contributed by atoms with Crippen LogP contribution < -0.4 is 5.32 Å². The van der Waals surface area contributed by atoms with E-state index >= 15 is 0 Å². The summed E-state index contributed by atoms with van der Waals surface area (Å²) in [4.78, 5) is 1.23. The first-order valence-electron chi connectivity index (χ1n) is 4.73. The van der Waals surface area contributed by atoms with Gasteiger partial charge in [-0.1, -0.05) is 24.6 Å². The van der Waals surface area contributed by atoms with Crippen LogP contribution >= 0.6 is 23.4 Å². The van der Waals surface area contributed by atoms with Gasteiger partial charge in [-0.05, 0) is 32.2 Å². The maximum atomic E-state index is 5.91. The summed E-state index contributed by atoms with van der Waals surface area (Å²) in [5.74, 6) is 0. The highest BCUT2D eigenvalue weighted by atomic mass is 35.5. The molecule has 1 aromatic rings. The molecule has 0 aliphatic rings. The zero-order valence-electron chi connectivity index (χ0n) is 8.75. The van der Waals surface area contributed by atoms with Crippen molar-refractivity contribution < 1.29 is 0 Å². The van der Waals surface area contributed by atoms with Gasteiger partial charge < -0.3 is 5.32 Å². The van der Waals surface area contributed by atoms with E-state index in [1.807, 2.05) is 37.0 Å². The lowest BCUT2D eigenvalue weighted by Crippen LogP contribution is -2.30. The minimum atomic E-state index is 0.499. The number of hydrogen-bond acceptors (Lipinski definition) is 2. The number of rotatable bonds is 4. The van der Waals surface area contributed by atoms with Crippen molar-refractivity contribution in [2.75, 3.05) is 7.05 Å². The van der Waals surface area contributed by atoms with Crippen molar-refractivity contribution in [2.45, 2.75) is 30.0 Å². The fraction of sp³-hybridized carbons (Fsp3) is 0.455. The molecule has 0 spiro atoms. The molecule has 3 heteroatoms. The maximum Gasteiger partial charge on any atom is 0.0417 e. The molecule has 1 nitrogen and oxygen atoms in total. The van der Waals surface area contributed by atoms with Gasteiger partial charge in [0.25, 0.3) is 0 Å². The smallest absolute Gasteiger partial charge is 0.0417 e. The van der Waals surface area contributed by atoms with Crippen LogP contribution in [0.15, 0.2) is 29.2 Å². The normalized spacial score (nSPS) is 15.1. The van der Waals surface area contributed by atoms with E-state index in [2.05, 4.69) is 25.2 Å². The lowest BCUT2D eigenvalue weighted by molar-refractivity contribution is 0.605. The summed E-state index contributed by atoms with van der Waals surface area (Å²) >= 11 is 7.76. The SMILES string of the molecule is CNC(C)C(C)Sc1cccc(Cl)c1. The third kappa shape index (κ3) is 3.52. The van der Waals surface area contributed by atoms with Crippen molar-refractivity contribution in [1.82, 2.24) is 5.32 Å².